The predicted molar refractivity (Wildman–Crippen MR) is 68.9 cm³/mol. The van der Waals surface area contributed by atoms with Gasteiger partial charge in [0.2, 0.25) is 0 Å². The van der Waals surface area contributed by atoms with E-state index in [4.69, 9.17) is 46.4 Å². The minimum atomic E-state index is -0.474. The molecule has 0 atom stereocenters. The van der Waals surface area contributed by atoms with Gasteiger partial charge < -0.3 is 0 Å². The Balaban J connectivity index is 2.94. The Kier molecular flexibility index (Phi) is 3.25. The van der Waals surface area contributed by atoms with Crippen LogP contribution in [0, 0.1) is 0 Å². The summed E-state index contributed by atoms with van der Waals surface area (Å²) in [6.45, 7) is 1.59. The first-order valence-corrected chi connectivity index (χ1v) is 6.04. The number of rotatable bonds is 0. The number of ketones is 2. The van der Waals surface area contributed by atoms with Gasteiger partial charge in [-0.2, -0.15) is 0 Å². The summed E-state index contributed by atoms with van der Waals surface area (Å²) in [5, 5.41) is -0.108. The van der Waals surface area contributed by atoms with Gasteiger partial charge in [-0.3, -0.25) is 9.59 Å². The van der Waals surface area contributed by atoms with Gasteiger partial charge in [-0.15, -0.1) is 0 Å². The van der Waals surface area contributed by atoms with Gasteiger partial charge in [-0.25, -0.2) is 0 Å². The molecule has 0 heterocycles. The third-order valence-corrected chi connectivity index (χ3v) is 4.30. The van der Waals surface area contributed by atoms with Crippen molar-refractivity contribution in [3.8, 4) is 0 Å². The van der Waals surface area contributed by atoms with Crippen LogP contribution >= 0.6 is 46.4 Å². The van der Waals surface area contributed by atoms with E-state index in [0.29, 0.717) is 0 Å². The zero-order valence-electron chi connectivity index (χ0n) is 8.41. The molecule has 0 bridgehead atoms. The molecule has 0 spiro atoms. The average molecular weight is 310 g/mol. The maximum atomic E-state index is 11.9. The van der Waals surface area contributed by atoms with Gasteiger partial charge in [0.1, 0.15) is 0 Å². The summed E-state index contributed by atoms with van der Waals surface area (Å²) in [7, 11) is 0. The number of hydrogen-bond donors (Lipinski definition) is 0. The van der Waals surface area contributed by atoms with Gasteiger partial charge in [0.05, 0.1) is 36.8 Å². The lowest BCUT2D eigenvalue weighted by atomic mass is 10.1. The first kappa shape index (κ1) is 12.9. The summed E-state index contributed by atoms with van der Waals surface area (Å²) < 4.78 is 0. The minimum absolute atomic E-state index is 0.0180. The maximum Gasteiger partial charge on any atom is 0.198 e. The van der Waals surface area contributed by atoms with Crippen LogP contribution in [-0.2, 0) is 0 Å². The Morgan fingerprint density at radius 1 is 0.765 bits per heavy atom. The number of allylic oxidation sites excluding steroid dienone is 2. The lowest BCUT2D eigenvalue weighted by Crippen LogP contribution is -1.99. The number of carbonyl (C=O) groups excluding carboxylic acids is 2. The Hall–Kier alpha value is -0.540. The van der Waals surface area contributed by atoms with Crippen molar-refractivity contribution in [3.05, 3.63) is 42.9 Å². The molecule has 1 aromatic rings. The van der Waals surface area contributed by atoms with Crippen LogP contribution in [0.5, 0.6) is 0 Å². The summed E-state index contributed by atoms with van der Waals surface area (Å²) >= 11 is 23.5. The van der Waals surface area contributed by atoms with Crippen molar-refractivity contribution in [2.75, 3.05) is 0 Å². The number of hydrogen-bond acceptors (Lipinski definition) is 2. The topological polar surface area (TPSA) is 34.1 Å². The van der Waals surface area contributed by atoms with E-state index < -0.39 is 11.6 Å². The largest absolute Gasteiger partial charge is 0.288 e. The van der Waals surface area contributed by atoms with Crippen LogP contribution in [0.15, 0.2) is 11.6 Å². The molecule has 0 unspecified atom stereocenters. The molecule has 6 heteroatoms. The van der Waals surface area contributed by atoms with E-state index >= 15 is 0 Å². The molecule has 2 rings (SSSR count). The molecule has 2 nitrogen and oxygen atoms in total. The summed E-state index contributed by atoms with van der Waals surface area (Å²) in [5.41, 5.74) is 0.0930. The van der Waals surface area contributed by atoms with E-state index in [1.54, 1.807) is 6.92 Å². The molecule has 0 radical (unpaired) electrons. The molecular weight excluding hydrogens is 306 g/mol. The second kappa shape index (κ2) is 4.29. The lowest BCUT2D eigenvalue weighted by Gasteiger charge is -2.07. The molecule has 1 aromatic carbocycles. The summed E-state index contributed by atoms with van der Waals surface area (Å²) in [6, 6.07) is 0. The first-order chi connectivity index (χ1) is 7.91. The Morgan fingerprint density at radius 2 is 1.12 bits per heavy atom. The van der Waals surface area contributed by atoms with Crippen molar-refractivity contribution in [3.63, 3.8) is 0 Å². The molecule has 0 saturated carbocycles. The number of Topliss-reactive ketones (excluding diaryl/α,β-unsaturated/α-hetero) is 2. The van der Waals surface area contributed by atoms with E-state index in [2.05, 4.69) is 0 Å². The molecule has 17 heavy (non-hydrogen) atoms. The summed E-state index contributed by atoms with van der Waals surface area (Å²) in [4.78, 5) is 23.9. The monoisotopic (exact) mass is 308 g/mol. The van der Waals surface area contributed by atoms with Crippen LogP contribution < -0.4 is 0 Å². The lowest BCUT2D eigenvalue weighted by molar-refractivity contribution is 0.0988. The Labute approximate surface area is 117 Å². The van der Waals surface area contributed by atoms with Crippen LogP contribution in [0.4, 0.5) is 0 Å². The molecule has 0 amide bonds. The third-order valence-electron chi connectivity index (χ3n) is 2.50. The van der Waals surface area contributed by atoms with Crippen molar-refractivity contribution in [2.45, 2.75) is 6.92 Å². The van der Waals surface area contributed by atoms with Gasteiger partial charge in [-0.05, 0) is 6.92 Å². The highest BCUT2D eigenvalue weighted by atomic mass is 35.5. The highest BCUT2D eigenvalue weighted by molar-refractivity contribution is 6.57. The van der Waals surface area contributed by atoms with Crippen LogP contribution in [0.1, 0.15) is 27.6 Å². The highest BCUT2D eigenvalue weighted by Gasteiger charge is 2.38. The number of carbonyl (C=O) groups is 2. The Bertz CT molecular complexity index is 553. The molecule has 0 fully saturated rings. The third kappa shape index (κ3) is 1.63. The molecule has 0 N–H and O–H groups in total. The highest BCUT2D eigenvalue weighted by Crippen LogP contribution is 2.45. The van der Waals surface area contributed by atoms with Gasteiger partial charge in [0.25, 0.3) is 0 Å². The van der Waals surface area contributed by atoms with E-state index in [1.807, 2.05) is 0 Å². The maximum absolute atomic E-state index is 11.9. The second-order valence-corrected chi connectivity index (χ2v) is 4.88. The zero-order chi connectivity index (χ0) is 12.9. The van der Waals surface area contributed by atoms with E-state index in [-0.39, 0.29) is 36.8 Å². The van der Waals surface area contributed by atoms with Crippen molar-refractivity contribution < 1.29 is 9.59 Å². The summed E-state index contributed by atoms with van der Waals surface area (Å²) in [6.07, 6.45) is 1.42. The molecular formula is C11H4Cl4O2. The fourth-order valence-electron chi connectivity index (χ4n) is 1.69. The molecule has 0 saturated heterocycles. The van der Waals surface area contributed by atoms with Gasteiger partial charge in [0, 0.05) is 0 Å². The van der Waals surface area contributed by atoms with Gasteiger partial charge in [0.15, 0.2) is 11.6 Å². The van der Waals surface area contributed by atoms with Crippen LogP contribution in [0.2, 0.25) is 20.1 Å². The molecule has 1 aliphatic rings. The zero-order valence-corrected chi connectivity index (χ0v) is 11.4. The van der Waals surface area contributed by atoms with E-state index in [1.165, 1.54) is 6.08 Å². The fraction of sp³-hybridized carbons (Fsp3) is 0.0909. The van der Waals surface area contributed by atoms with Crippen molar-refractivity contribution in [1.82, 2.24) is 0 Å². The van der Waals surface area contributed by atoms with Crippen molar-refractivity contribution in [1.29, 1.82) is 0 Å². The fourth-order valence-corrected chi connectivity index (χ4v) is 2.72. The molecule has 0 aliphatic heterocycles. The molecule has 88 valence electrons. The van der Waals surface area contributed by atoms with Crippen molar-refractivity contribution in [2.24, 2.45) is 0 Å². The number of fused-ring (bicyclic) bond motifs is 1. The second-order valence-electron chi connectivity index (χ2n) is 3.37. The number of benzene rings is 1. The summed E-state index contributed by atoms with van der Waals surface area (Å²) in [5.74, 6) is -0.948. The molecule has 0 aromatic heterocycles. The van der Waals surface area contributed by atoms with Gasteiger partial charge >= 0.3 is 0 Å². The van der Waals surface area contributed by atoms with Crippen LogP contribution in [0.3, 0.4) is 0 Å². The standard InChI is InChI=1S/C11H4Cl4O2/c1-2-3-10(16)4-5(11(3)17)7(13)9(15)8(14)6(4)12/h2H,1H3. The minimum Gasteiger partial charge on any atom is -0.288 e. The van der Waals surface area contributed by atoms with Gasteiger partial charge in [-0.1, -0.05) is 52.5 Å². The first-order valence-electron chi connectivity index (χ1n) is 4.53. The predicted octanol–water partition coefficient (Wildman–Crippen LogP) is 4.63. The van der Waals surface area contributed by atoms with E-state index in [0.717, 1.165) is 0 Å². The quantitative estimate of drug-likeness (QED) is 0.303. The average Bonchev–Trinajstić information content (AvgIpc) is 2.55. The van der Waals surface area contributed by atoms with Crippen LogP contribution in [0.25, 0.3) is 0 Å². The Morgan fingerprint density at radius 3 is 1.41 bits per heavy atom. The van der Waals surface area contributed by atoms with E-state index in [9.17, 15) is 9.59 Å². The normalized spacial score (nSPS) is 14.3. The smallest absolute Gasteiger partial charge is 0.198 e. The van der Waals surface area contributed by atoms with Crippen molar-refractivity contribution >= 4 is 58.0 Å². The SMILES string of the molecule is CC=C1C(=O)c2c(Cl)c(Cl)c(Cl)c(Cl)c2C1=O. The number of halogens is 4. The van der Waals surface area contributed by atoms with Crippen LogP contribution in [-0.4, -0.2) is 11.6 Å². The molecule has 1 aliphatic carbocycles.